The van der Waals surface area contributed by atoms with Gasteiger partial charge in [0.2, 0.25) is 0 Å². The number of benzene rings is 1. The summed E-state index contributed by atoms with van der Waals surface area (Å²) in [6, 6.07) is 8.64. The third-order valence-corrected chi connectivity index (χ3v) is 3.23. The van der Waals surface area contributed by atoms with Crippen LogP contribution in [0.15, 0.2) is 30.6 Å². The summed E-state index contributed by atoms with van der Waals surface area (Å²) in [5, 5.41) is 7.60. The molecule has 0 spiro atoms. The molecule has 102 valence electrons. The summed E-state index contributed by atoms with van der Waals surface area (Å²) in [4.78, 5) is 4.27. The smallest absolute Gasteiger partial charge is 0.141 e. The van der Waals surface area contributed by atoms with Gasteiger partial charge in [-0.1, -0.05) is 24.3 Å². The molecule has 0 bridgehead atoms. The van der Waals surface area contributed by atoms with E-state index in [1.807, 2.05) is 4.68 Å². The molecule has 0 unspecified atom stereocenters. The summed E-state index contributed by atoms with van der Waals surface area (Å²) < 4.78 is 1.93. The highest BCUT2D eigenvalue weighted by molar-refractivity contribution is 6.17. The lowest BCUT2D eigenvalue weighted by molar-refractivity contribution is 0.490. The van der Waals surface area contributed by atoms with Crippen LogP contribution in [0.1, 0.15) is 36.8 Å². The van der Waals surface area contributed by atoms with Crippen LogP contribution in [-0.4, -0.2) is 14.8 Å². The largest absolute Gasteiger partial charge is 0.306 e. The van der Waals surface area contributed by atoms with Gasteiger partial charge in [-0.2, -0.15) is 5.10 Å². The zero-order valence-electron chi connectivity index (χ0n) is 11.3. The Hall–Kier alpha value is -1.39. The summed E-state index contributed by atoms with van der Waals surface area (Å²) in [5.74, 6) is 1.53. The number of hydrogen-bond acceptors (Lipinski definition) is 3. The molecule has 4 nitrogen and oxygen atoms in total. The number of halogens is 1. The predicted octanol–water partition coefficient (Wildman–Crippen LogP) is 2.89. The summed E-state index contributed by atoms with van der Waals surface area (Å²) in [7, 11) is 0. The topological polar surface area (TPSA) is 42.7 Å². The van der Waals surface area contributed by atoms with Gasteiger partial charge in [0.15, 0.2) is 0 Å². The molecule has 0 atom stereocenters. The van der Waals surface area contributed by atoms with Gasteiger partial charge in [-0.15, -0.1) is 11.6 Å². The number of rotatable bonds is 6. The molecular formula is C14H19ClN4. The van der Waals surface area contributed by atoms with E-state index >= 15 is 0 Å². The van der Waals surface area contributed by atoms with Crippen molar-refractivity contribution in [1.29, 1.82) is 0 Å². The number of aromatic nitrogens is 3. The lowest BCUT2D eigenvalue weighted by atomic mass is 10.1. The first kappa shape index (κ1) is 14.0. The van der Waals surface area contributed by atoms with E-state index in [-0.39, 0.29) is 0 Å². The van der Waals surface area contributed by atoms with Crippen LogP contribution in [0.4, 0.5) is 0 Å². The molecule has 0 saturated carbocycles. The highest BCUT2D eigenvalue weighted by Crippen LogP contribution is 2.08. The summed E-state index contributed by atoms with van der Waals surface area (Å²) in [5.41, 5.74) is 2.38. The number of nitrogens with zero attached hydrogens (tertiary/aromatic N) is 3. The Kier molecular flexibility index (Phi) is 4.93. The quantitative estimate of drug-likeness (QED) is 0.826. The Morgan fingerprint density at radius 1 is 1.16 bits per heavy atom. The maximum absolute atomic E-state index is 5.76. The first-order valence-corrected chi connectivity index (χ1v) is 6.97. The van der Waals surface area contributed by atoms with E-state index in [9.17, 15) is 0 Å². The normalized spacial score (nSPS) is 11.2. The van der Waals surface area contributed by atoms with E-state index in [1.54, 1.807) is 6.33 Å². The Balaban J connectivity index is 1.87. The van der Waals surface area contributed by atoms with Crippen molar-refractivity contribution in [3.05, 3.63) is 47.5 Å². The van der Waals surface area contributed by atoms with E-state index in [2.05, 4.69) is 53.5 Å². The summed E-state index contributed by atoms with van der Waals surface area (Å²) >= 11 is 5.76. The Morgan fingerprint density at radius 2 is 1.84 bits per heavy atom. The molecule has 1 N–H and O–H groups in total. The van der Waals surface area contributed by atoms with Crippen LogP contribution in [0.25, 0.3) is 0 Å². The van der Waals surface area contributed by atoms with E-state index in [1.165, 1.54) is 5.56 Å². The van der Waals surface area contributed by atoms with Crippen molar-refractivity contribution < 1.29 is 0 Å². The van der Waals surface area contributed by atoms with Crippen molar-refractivity contribution in [3.8, 4) is 0 Å². The fourth-order valence-corrected chi connectivity index (χ4v) is 2.07. The van der Waals surface area contributed by atoms with Gasteiger partial charge < -0.3 is 5.32 Å². The molecule has 0 fully saturated rings. The zero-order chi connectivity index (χ0) is 13.7. The SMILES string of the molecule is CC(C)n1ncnc1CNCc1ccc(CCl)cc1. The second kappa shape index (κ2) is 6.68. The van der Waals surface area contributed by atoms with Gasteiger partial charge in [-0.25, -0.2) is 9.67 Å². The van der Waals surface area contributed by atoms with Gasteiger partial charge in [-0.3, -0.25) is 0 Å². The van der Waals surface area contributed by atoms with E-state index in [0.717, 1.165) is 24.5 Å². The predicted molar refractivity (Wildman–Crippen MR) is 76.9 cm³/mol. The van der Waals surface area contributed by atoms with Crippen molar-refractivity contribution in [1.82, 2.24) is 20.1 Å². The maximum atomic E-state index is 5.76. The van der Waals surface area contributed by atoms with Crippen LogP contribution >= 0.6 is 11.6 Å². The average Bonchev–Trinajstić information content (AvgIpc) is 2.88. The molecule has 0 radical (unpaired) electrons. The van der Waals surface area contributed by atoms with Crippen LogP contribution in [0.5, 0.6) is 0 Å². The van der Waals surface area contributed by atoms with Crippen LogP contribution in [0.3, 0.4) is 0 Å². The van der Waals surface area contributed by atoms with E-state index in [4.69, 9.17) is 11.6 Å². The van der Waals surface area contributed by atoms with Crippen LogP contribution in [-0.2, 0) is 19.0 Å². The van der Waals surface area contributed by atoms with Gasteiger partial charge in [0.1, 0.15) is 12.2 Å². The van der Waals surface area contributed by atoms with Crippen LogP contribution in [0, 0.1) is 0 Å². The van der Waals surface area contributed by atoms with Gasteiger partial charge in [0.25, 0.3) is 0 Å². The van der Waals surface area contributed by atoms with Crippen LogP contribution in [0.2, 0.25) is 0 Å². The number of alkyl halides is 1. The minimum atomic E-state index is 0.335. The molecule has 1 aromatic carbocycles. The Labute approximate surface area is 118 Å². The monoisotopic (exact) mass is 278 g/mol. The highest BCUT2D eigenvalue weighted by Gasteiger charge is 2.06. The molecule has 1 heterocycles. The molecule has 0 aliphatic carbocycles. The lowest BCUT2D eigenvalue weighted by Crippen LogP contribution is -2.18. The third-order valence-electron chi connectivity index (χ3n) is 2.93. The molecular weight excluding hydrogens is 260 g/mol. The molecule has 19 heavy (non-hydrogen) atoms. The summed E-state index contributed by atoms with van der Waals surface area (Å²) in [6.45, 7) is 5.73. The second-order valence-electron chi connectivity index (χ2n) is 4.77. The van der Waals surface area contributed by atoms with E-state index < -0.39 is 0 Å². The minimum Gasteiger partial charge on any atom is -0.306 e. The lowest BCUT2D eigenvalue weighted by Gasteiger charge is -2.10. The first-order valence-electron chi connectivity index (χ1n) is 6.43. The molecule has 2 rings (SSSR count). The fraction of sp³-hybridized carbons (Fsp3) is 0.429. The third kappa shape index (κ3) is 3.78. The highest BCUT2D eigenvalue weighted by atomic mass is 35.5. The van der Waals surface area contributed by atoms with Crippen molar-refractivity contribution in [3.63, 3.8) is 0 Å². The van der Waals surface area contributed by atoms with Gasteiger partial charge >= 0.3 is 0 Å². The van der Waals surface area contributed by atoms with Crippen molar-refractivity contribution in [2.24, 2.45) is 0 Å². The second-order valence-corrected chi connectivity index (χ2v) is 5.04. The van der Waals surface area contributed by atoms with Gasteiger partial charge in [-0.05, 0) is 25.0 Å². The fourth-order valence-electron chi connectivity index (χ4n) is 1.90. The molecule has 0 aliphatic heterocycles. The molecule has 0 amide bonds. The molecule has 2 aromatic rings. The molecule has 5 heteroatoms. The Bertz CT molecular complexity index is 504. The number of hydrogen-bond donors (Lipinski definition) is 1. The summed E-state index contributed by atoms with van der Waals surface area (Å²) in [6.07, 6.45) is 1.60. The number of nitrogens with one attached hydrogen (secondary N) is 1. The van der Waals surface area contributed by atoms with E-state index in [0.29, 0.717) is 11.9 Å². The van der Waals surface area contributed by atoms with Gasteiger partial charge in [0.05, 0.1) is 6.54 Å². The molecule has 1 aromatic heterocycles. The zero-order valence-corrected chi connectivity index (χ0v) is 12.1. The standard InChI is InChI=1S/C14H19ClN4/c1-11(2)19-14(17-10-18-19)9-16-8-13-5-3-12(7-15)4-6-13/h3-6,10-11,16H,7-9H2,1-2H3. The molecule has 0 aliphatic rings. The minimum absolute atomic E-state index is 0.335. The van der Waals surface area contributed by atoms with Crippen molar-refractivity contribution in [2.45, 2.75) is 38.9 Å². The molecule has 0 saturated heterocycles. The average molecular weight is 279 g/mol. The van der Waals surface area contributed by atoms with Crippen LogP contribution < -0.4 is 5.32 Å². The maximum Gasteiger partial charge on any atom is 0.141 e. The van der Waals surface area contributed by atoms with Crippen molar-refractivity contribution >= 4 is 11.6 Å². The first-order chi connectivity index (χ1) is 9.20. The van der Waals surface area contributed by atoms with Gasteiger partial charge in [0, 0.05) is 18.5 Å². The van der Waals surface area contributed by atoms with Crippen molar-refractivity contribution in [2.75, 3.05) is 0 Å². The Morgan fingerprint density at radius 3 is 2.47 bits per heavy atom.